The summed E-state index contributed by atoms with van der Waals surface area (Å²) in [6, 6.07) is 0. The Hall–Kier alpha value is -4.60. The summed E-state index contributed by atoms with van der Waals surface area (Å²) in [4.78, 5) is 112. The van der Waals surface area contributed by atoms with Crippen molar-refractivity contribution in [1.29, 1.82) is 0 Å². The van der Waals surface area contributed by atoms with E-state index in [0.717, 1.165) is 29.7 Å². The van der Waals surface area contributed by atoms with Crippen LogP contribution in [0.15, 0.2) is 50.7 Å². The van der Waals surface area contributed by atoms with E-state index in [-0.39, 0.29) is 27.9 Å². The minimum atomic E-state index is -5.65. The van der Waals surface area contributed by atoms with Crippen molar-refractivity contribution in [2.75, 3.05) is 26.9 Å². The third kappa shape index (κ3) is 9.97. The van der Waals surface area contributed by atoms with Crippen molar-refractivity contribution in [1.82, 2.24) is 48.6 Å². The monoisotopic (exact) mass is 1010 g/mol. The normalized spacial score (nSPS) is 30.9. The zero-order valence-electron chi connectivity index (χ0n) is 34.0. The predicted octanol–water partition coefficient (Wildman–Crippen LogP) is -3.01. The number of phosphoric ester groups is 3. The number of alkyl halides is 1. The van der Waals surface area contributed by atoms with Crippen LogP contribution in [0.4, 0.5) is 4.39 Å². The molecule has 0 saturated carbocycles. The Kier molecular flexibility index (Phi) is 13.6. The number of aliphatic hydroxyl groups is 2. The van der Waals surface area contributed by atoms with Crippen LogP contribution in [-0.4, -0.2) is 160 Å². The summed E-state index contributed by atoms with van der Waals surface area (Å²) in [7, 11) is -15.2. The average molecular weight is 1010 g/mol. The molecule has 0 spiro atoms. The van der Waals surface area contributed by atoms with E-state index in [0.29, 0.717) is 4.57 Å². The second-order valence-corrected chi connectivity index (χ2v) is 18.9. The quantitative estimate of drug-likeness (QED) is 0.0419. The Morgan fingerprint density at radius 1 is 0.672 bits per heavy atom. The van der Waals surface area contributed by atoms with Gasteiger partial charge in [0.15, 0.2) is 47.2 Å². The average Bonchev–Trinajstić information content (AvgIpc) is 4.08. The Balaban J connectivity index is 1.01. The number of aromatic nitrogens is 10. The molecule has 36 heteroatoms. The molecular weight excluding hydrogens is 976 g/mol. The molecule has 3 saturated heterocycles. The van der Waals surface area contributed by atoms with Crippen LogP contribution in [0.2, 0.25) is 0 Å². The zero-order valence-corrected chi connectivity index (χ0v) is 36.7. The molecule has 32 nitrogen and oxygen atoms in total. The minimum Gasteiger partial charge on any atom is -0.387 e. The number of aliphatic hydroxyl groups excluding tert-OH is 2. The second kappa shape index (κ2) is 18.7. The molecule has 366 valence electrons. The first-order chi connectivity index (χ1) is 31.6. The van der Waals surface area contributed by atoms with Crippen molar-refractivity contribution in [2.24, 2.45) is 0 Å². The van der Waals surface area contributed by atoms with E-state index in [4.69, 9.17) is 37.0 Å². The minimum absolute atomic E-state index is 0.0406. The number of aryl methyl sites for hydroxylation is 1. The molecule has 3 aliphatic rings. The molecule has 3 unspecified atom stereocenters. The number of H-pyrrole nitrogens is 3. The maximum atomic E-state index is 16.1. The lowest BCUT2D eigenvalue weighted by molar-refractivity contribution is -0.0639. The van der Waals surface area contributed by atoms with E-state index in [1.807, 2.05) is 4.98 Å². The molecule has 67 heavy (non-hydrogen) atoms. The number of aromatic amines is 3. The number of ether oxygens (including phenoxy) is 4. The maximum Gasteiger partial charge on any atom is 0.472 e. The van der Waals surface area contributed by atoms with Gasteiger partial charge in [-0.1, -0.05) is 0 Å². The standard InChI is InChI=1S/C31H38FN10O22P3/c1-11-3-40(31(48)39-25(11)45)28-15(32)20(13(61-28)5-57-65(49,50)51)63-66(52,53)59-6-14-21(19(44)29(62-14)41-9-37-16-23(41)33-7-35-26(16)46)64-67(54,55)58-4-12-18(43)22(56-2)30(60-12)42-10-38-17-24(42)34-8-36-27(17)47/h3,7-10,12-15,18-22,28-30,43-44H,4-6H2,1-2H3,(H,52,53)(H,54,55)(H,33,35,46)(H,34,36,47)(H,39,45,48)(H2,49,50,51)/t12-,13-,14-,15?,18-,19-,20-,21-,22-,28-,29-,30-/m1/s1. The van der Waals surface area contributed by atoms with Crippen LogP contribution >= 0.6 is 23.5 Å². The van der Waals surface area contributed by atoms with Gasteiger partial charge in [-0.3, -0.25) is 55.7 Å². The van der Waals surface area contributed by atoms with Crippen LogP contribution in [0.25, 0.3) is 22.3 Å². The first kappa shape index (κ1) is 48.8. The molecule has 5 aromatic rings. The summed E-state index contributed by atoms with van der Waals surface area (Å²) in [6.45, 7) is -2.04. The van der Waals surface area contributed by atoms with Crippen LogP contribution in [0.1, 0.15) is 24.2 Å². The first-order valence-electron chi connectivity index (χ1n) is 19.2. The Morgan fingerprint density at radius 3 is 1.76 bits per heavy atom. The third-order valence-corrected chi connectivity index (χ3v) is 13.0. The Bertz CT molecular complexity index is 3030. The van der Waals surface area contributed by atoms with E-state index in [2.05, 4.69) is 34.4 Å². The van der Waals surface area contributed by atoms with Gasteiger partial charge in [-0.15, -0.1) is 0 Å². The molecule has 3 aliphatic heterocycles. The van der Waals surface area contributed by atoms with Crippen molar-refractivity contribution >= 4 is 45.8 Å². The predicted molar refractivity (Wildman–Crippen MR) is 211 cm³/mol. The molecule has 0 bridgehead atoms. The molecule has 5 aromatic heterocycles. The van der Waals surface area contributed by atoms with Crippen molar-refractivity contribution in [3.63, 3.8) is 0 Å². The van der Waals surface area contributed by atoms with Crippen LogP contribution in [0.5, 0.6) is 0 Å². The number of nitrogens with one attached hydrogen (secondary N) is 3. The van der Waals surface area contributed by atoms with Gasteiger partial charge in [0.1, 0.15) is 48.8 Å². The van der Waals surface area contributed by atoms with Crippen LogP contribution < -0.4 is 22.4 Å². The van der Waals surface area contributed by atoms with Crippen molar-refractivity contribution < 1.29 is 89.4 Å². The van der Waals surface area contributed by atoms with Gasteiger partial charge < -0.3 is 58.7 Å². The van der Waals surface area contributed by atoms with Gasteiger partial charge in [0.05, 0.1) is 45.1 Å². The molecule has 14 atom stereocenters. The zero-order chi connectivity index (χ0) is 48.3. The van der Waals surface area contributed by atoms with Crippen molar-refractivity contribution in [2.45, 2.75) is 80.6 Å². The van der Waals surface area contributed by atoms with Crippen molar-refractivity contribution in [3.05, 3.63) is 78.6 Å². The van der Waals surface area contributed by atoms with Crippen LogP contribution in [0, 0.1) is 6.92 Å². The Labute approximate surface area is 369 Å². The summed E-state index contributed by atoms with van der Waals surface area (Å²) in [5, 5.41) is 22.6. The smallest absolute Gasteiger partial charge is 0.387 e. The van der Waals surface area contributed by atoms with Gasteiger partial charge in [0, 0.05) is 18.9 Å². The fourth-order valence-corrected chi connectivity index (χ4v) is 9.74. The fourth-order valence-electron chi connectivity index (χ4n) is 7.47. The van der Waals surface area contributed by atoms with Crippen molar-refractivity contribution in [3.8, 4) is 0 Å². The lowest BCUT2D eigenvalue weighted by atomic mass is 10.1. The number of methoxy groups -OCH3 is 1. The highest BCUT2D eigenvalue weighted by atomic mass is 31.2. The summed E-state index contributed by atoms with van der Waals surface area (Å²) in [5.41, 5.74) is -3.91. The third-order valence-electron chi connectivity index (χ3n) is 10.6. The highest BCUT2D eigenvalue weighted by Gasteiger charge is 2.54. The Morgan fingerprint density at radius 2 is 1.18 bits per heavy atom. The van der Waals surface area contributed by atoms with E-state index in [9.17, 15) is 62.7 Å². The van der Waals surface area contributed by atoms with Gasteiger partial charge in [-0.25, -0.2) is 42.8 Å². The summed E-state index contributed by atoms with van der Waals surface area (Å²) in [5.74, 6) is 0. The molecule has 0 aliphatic carbocycles. The number of imidazole rings is 2. The molecule has 8 rings (SSSR count). The fraction of sp³-hybridized carbons (Fsp3) is 0.548. The number of hydrogen-bond donors (Lipinski definition) is 9. The molecule has 0 radical (unpaired) electrons. The molecule has 0 amide bonds. The van der Waals surface area contributed by atoms with E-state index in [1.54, 1.807) is 0 Å². The first-order valence-corrected chi connectivity index (χ1v) is 23.7. The topological polar surface area (TPSA) is 438 Å². The lowest BCUT2D eigenvalue weighted by Crippen LogP contribution is -2.38. The van der Waals surface area contributed by atoms with Gasteiger partial charge >= 0.3 is 29.2 Å². The van der Waals surface area contributed by atoms with Gasteiger partial charge in [0.25, 0.3) is 16.7 Å². The number of rotatable bonds is 17. The highest BCUT2D eigenvalue weighted by molar-refractivity contribution is 7.47. The molecule has 0 aromatic carbocycles. The summed E-state index contributed by atoms with van der Waals surface area (Å²) < 4.78 is 105. The van der Waals surface area contributed by atoms with Gasteiger partial charge in [0.2, 0.25) is 0 Å². The van der Waals surface area contributed by atoms with Crippen LogP contribution in [0.3, 0.4) is 0 Å². The second-order valence-electron chi connectivity index (χ2n) is 14.9. The highest BCUT2D eigenvalue weighted by Crippen LogP contribution is 2.53. The van der Waals surface area contributed by atoms with E-state index >= 15 is 4.39 Å². The van der Waals surface area contributed by atoms with E-state index in [1.165, 1.54) is 24.9 Å². The molecule has 3 fully saturated rings. The van der Waals surface area contributed by atoms with E-state index < -0.39 is 139 Å². The lowest BCUT2D eigenvalue weighted by Gasteiger charge is -2.25. The summed E-state index contributed by atoms with van der Waals surface area (Å²) in [6.07, 6.45) is -16.8. The van der Waals surface area contributed by atoms with Crippen LogP contribution in [-0.2, 0) is 55.3 Å². The summed E-state index contributed by atoms with van der Waals surface area (Å²) >= 11 is 0. The maximum absolute atomic E-state index is 16.1. The molecule has 8 heterocycles. The number of fused-ring (bicyclic) bond motifs is 2. The number of hydrogen-bond acceptors (Lipinski definition) is 22. The molecule has 9 N–H and O–H groups in total. The van der Waals surface area contributed by atoms with Gasteiger partial charge in [-0.05, 0) is 6.92 Å². The SMILES string of the molecule is CO[C@@H]1[C@H](O)[C@@H](COP(=O)(O)O[C@H]2[C@@H](O)[C@H](n3cnc4c(=O)[nH]cnc43)O[C@@H]2COP(=O)(O)O[C@H]2C(F)[C@H](n3cc(C)c(=O)[nH]c3=O)O[C@@H]2COP(=O)(O)O)O[C@H]1n1cnc2c(=O)[nH]cnc21. The molecular formula is C31H38FN10O22P3. The number of halogens is 1. The largest absolute Gasteiger partial charge is 0.472 e. The van der Waals surface area contributed by atoms with Gasteiger partial charge in [-0.2, -0.15) is 0 Å². The number of nitrogens with zero attached hydrogens (tertiary/aromatic N) is 7. The number of phosphoric acid groups is 3.